The molecule has 2 saturated heterocycles. The molecule has 0 unspecified atom stereocenters. The predicted molar refractivity (Wildman–Crippen MR) is 165 cm³/mol. The van der Waals surface area contributed by atoms with Crippen molar-refractivity contribution in [2.75, 3.05) is 9.80 Å². The number of aryl methyl sites for hydroxylation is 4. The van der Waals surface area contributed by atoms with Crippen molar-refractivity contribution in [2.24, 2.45) is 11.3 Å². The van der Waals surface area contributed by atoms with Gasteiger partial charge in [-0.2, -0.15) is 0 Å². The molecule has 4 amide bonds. The molecule has 0 N–H and O–H groups in total. The van der Waals surface area contributed by atoms with E-state index in [1.807, 2.05) is 94.4 Å². The van der Waals surface area contributed by atoms with Crippen LogP contribution in [-0.4, -0.2) is 23.6 Å². The summed E-state index contributed by atoms with van der Waals surface area (Å²) in [7, 11) is 0. The van der Waals surface area contributed by atoms with Gasteiger partial charge < -0.3 is 0 Å². The lowest BCUT2D eigenvalue weighted by atomic mass is 9.54. The van der Waals surface area contributed by atoms with Crippen molar-refractivity contribution in [3.63, 3.8) is 0 Å². The van der Waals surface area contributed by atoms with E-state index in [4.69, 9.17) is 0 Å². The molecule has 2 aliphatic heterocycles. The number of rotatable bonds is 4. The van der Waals surface area contributed by atoms with Gasteiger partial charge >= 0.3 is 0 Å². The SMILES string of the molecule is Cc1ccc(C[C@]23C(=O)N(c4ccc(C)cc4)C(=O)[C@H]2c2cc(C)ccc2[C@H]2C(=O)N(c4ccc(C)cc4)C(=O)[C@@H]23)cc1. The lowest BCUT2D eigenvalue weighted by molar-refractivity contribution is -0.138. The van der Waals surface area contributed by atoms with E-state index in [2.05, 4.69) is 0 Å². The fraction of sp³-hybridized carbons (Fsp3) is 0.243. The molecule has 3 aliphatic rings. The average Bonchev–Trinajstić information content (AvgIpc) is 3.38. The number of imide groups is 2. The Bertz CT molecular complexity index is 1820. The van der Waals surface area contributed by atoms with Crippen molar-refractivity contribution in [3.8, 4) is 0 Å². The van der Waals surface area contributed by atoms with Crippen molar-refractivity contribution >= 4 is 35.0 Å². The van der Waals surface area contributed by atoms with Gasteiger partial charge in [0.1, 0.15) is 0 Å². The van der Waals surface area contributed by atoms with Gasteiger partial charge in [0.15, 0.2) is 0 Å². The third-order valence-corrected chi connectivity index (χ3v) is 9.53. The maximum Gasteiger partial charge on any atom is 0.242 e. The molecule has 2 fully saturated rings. The molecule has 2 heterocycles. The van der Waals surface area contributed by atoms with Crippen molar-refractivity contribution in [1.82, 2.24) is 0 Å². The van der Waals surface area contributed by atoms with Crippen LogP contribution >= 0.6 is 0 Å². The van der Waals surface area contributed by atoms with Gasteiger partial charge in [-0.1, -0.05) is 89.0 Å². The zero-order valence-electron chi connectivity index (χ0n) is 24.6. The Morgan fingerprint density at radius 1 is 0.558 bits per heavy atom. The van der Waals surface area contributed by atoms with Gasteiger partial charge in [-0.15, -0.1) is 0 Å². The Morgan fingerprint density at radius 3 is 1.65 bits per heavy atom. The summed E-state index contributed by atoms with van der Waals surface area (Å²) in [6, 6.07) is 28.1. The van der Waals surface area contributed by atoms with Crippen LogP contribution in [0.3, 0.4) is 0 Å². The van der Waals surface area contributed by atoms with Gasteiger partial charge in [0.05, 0.1) is 34.5 Å². The summed E-state index contributed by atoms with van der Waals surface area (Å²) < 4.78 is 0. The van der Waals surface area contributed by atoms with E-state index >= 15 is 4.79 Å². The summed E-state index contributed by atoms with van der Waals surface area (Å²) in [4.78, 5) is 61.2. The zero-order chi connectivity index (χ0) is 30.2. The number of fused-ring (bicyclic) bond motifs is 6. The summed E-state index contributed by atoms with van der Waals surface area (Å²) in [6.07, 6.45) is 0.153. The number of anilines is 2. The molecule has 1 aliphatic carbocycles. The van der Waals surface area contributed by atoms with E-state index in [9.17, 15) is 14.4 Å². The molecule has 0 radical (unpaired) electrons. The minimum atomic E-state index is -1.49. The molecule has 0 spiro atoms. The predicted octanol–water partition coefficient (Wildman–Crippen LogP) is 6.09. The molecule has 43 heavy (non-hydrogen) atoms. The van der Waals surface area contributed by atoms with Crippen molar-refractivity contribution < 1.29 is 19.2 Å². The molecule has 0 bridgehead atoms. The first kappa shape index (κ1) is 27.0. The number of benzene rings is 4. The minimum Gasteiger partial charge on any atom is -0.274 e. The van der Waals surface area contributed by atoms with Gasteiger partial charge in [-0.05, 0) is 75.1 Å². The first-order valence-electron chi connectivity index (χ1n) is 14.7. The molecule has 6 nitrogen and oxygen atoms in total. The Balaban J connectivity index is 1.50. The fourth-order valence-corrected chi connectivity index (χ4v) is 7.45. The number of hydrogen-bond donors (Lipinski definition) is 0. The first-order valence-corrected chi connectivity index (χ1v) is 14.7. The second-order valence-corrected chi connectivity index (χ2v) is 12.4. The lowest BCUT2D eigenvalue weighted by Gasteiger charge is -2.43. The quantitative estimate of drug-likeness (QED) is 0.279. The second kappa shape index (κ2) is 9.60. The van der Waals surface area contributed by atoms with Crippen LogP contribution in [0.2, 0.25) is 0 Å². The second-order valence-electron chi connectivity index (χ2n) is 12.4. The largest absolute Gasteiger partial charge is 0.274 e. The highest BCUT2D eigenvalue weighted by atomic mass is 16.2. The standard InChI is InChI=1S/C37H32N2O4/c1-21-5-12-25(13-6-21)20-37-31(34(41)39(36(37)43)27-16-9-23(3)10-17-27)29-19-24(4)11-18-28(29)30-32(37)35(42)38(33(30)40)26-14-7-22(2)8-15-26/h5-19,30-32H,20H2,1-4H3/t30-,31-,32-,37+/m1/s1. The molecule has 4 aromatic carbocycles. The molecular weight excluding hydrogens is 536 g/mol. The highest BCUT2D eigenvalue weighted by Crippen LogP contribution is 2.63. The van der Waals surface area contributed by atoms with Gasteiger partial charge in [0.2, 0.25) is 23.6 Å². The van der Waals surface area contributed by atoms with E-state index in [-0.39, 0.29) is 18.2 Å². The molecule has 4 atom stereocenters. The minimum absolute atomic E-state index is 0.153. The van der Waals surface area contributed by atoms with E-state index < -0.39 is 35.0 Å². The Labute approximate surface area is 250 Å². The zero-order valence-corrected chi connectivity index (χ0v) is 24.6. The average molecular weight is 569 g/mol. The number of nitrogens with zero attached hydrogens (tertiary/aromatic N) is 2. The first-order chi connectivity index (χ1) is 20.6. The normalized spacial score (nSPS) is 24.3. The van der Waals surface area contributed by atoms with Crippen LogP contribution in [0.1, 0.15) is 50.8 Å². The lowest BCUT2D eigenvalue weighted by Crippen LogP contribution is -2.51. The summed E-state index contributed by atoms with van der Waals surface area (Å²) in [6.45, 7) is 7.82. The number of carbonyl (C=O) groups excluding carboxylic acids is 4. The maximum atomic E-state index is 15.0. The third kappa shape index (κ3) is 3.86. The van der Waals surface area contributed by atoms with Gasteiger partial charge in [-0.25, -0.2) is 9.80 Å². The fourth-order valence-electron chi connectivity index (χ4n) is 7.45. The van der Waals surface area contributed by atoms with Crippen LogP contribution in [0.15, 0.2) is 91.0 Å². The Kier molecular flexibility index (Phi) is 6.03. The Hall–Kier alpha value is -4.84. The molecule has 4 aromatic rings. The monoisotopic (exact) mass is 568 g/mol. The van der Waals surface area contributed by atoms with E-state index in [0.29, 0.717) is 22.5 Å². The van der Waals surface area contributed by atoms with Gasteiger partial charge in [-0.3, -0.25) is 19.2 Å². The summed E-state index contributed by atoms with van der Waals surface area (Å²) in [5, 5.41) is 0. The highest BCUT2D eigenvalue weighted by molar-refractivity contribution is 6.31. The Morgan fingerprint density at radius 2 is 1.07 bits per heavy atom. The third-order valence-electron chi connectivity index (χ3n) is 9.53. The van der Waals surface area contributed by atoms with E-state index in [1.54, 1.807) is 24.3 Å². The van der Waals surface area contributed by atoms with Crippen LogP contribution in [0.25, 0.3) is 0 Å². The van der Waals surface area contributed by atoms with Crippen LogP contribution in [-0.2, 0) is 25.6 Å². The molecule has 7 rings (SSSR count). The van der Waals surface area contributed by atoms with Crippen LogP contribution < -0.4 is 9.80 Å². The van der Waals surface area contributed by atoms with Crippen molar-refractivity contribution in [2.45, 2.75) is 46.0 Å². The number of carbonyl (C=O) groups is 4. The van der Waals surface area contributed by atoms with E-state index in [1.165, 1.54) is 9.80 Å². The number of hydrogen-bond acceptors (Lipinski definition) is 4. The van der Waals surface area contributed by atoms with Crippen LogP contribution in [0.4, 0.5) is 11.4 Å². The summed E-state index contributed by atoms with van der Waals surface area (Å²) in [5.41, 5.74) is 5.59. The van der Waals surface area contributed by atoms with Crippen LogP contribution in [0, 0.1) is 39.0 Å². The van der Waals surface area contributed by atoms with Gasteiger partial charge in [0, 0.05) is 0 Å². The summed E-state index contributed by atoms with van der Waals surface area (Å²) >= 11 is 0. The molecule has 6 heteroatoms. The van der Waals surface area contributed by atoms with Gasteiger partial charge in [0.25, 0.3) is 0 Å². The highest BCUT2D eigenvalue weighted by Gasteiger charge is 2.73. The topological polar surface area (TPSA) is 74.8 Å². The molecular formula is C37H32N2O4. The summed E-state index contributed by atoms with van der Waals surface area (Å²) in [5.74, 6) is -4.45. The maximum absolute atomic E-state index is 15.0. The molecule has 214 valence electrons. The molecule has 0 saturated carbocycles. The van der Waals surface area contributed by atoms with Crippen LogP contribution in [0.5, 0.6) is 0 Å². The van der Waals surface area contributed by atoms with Crippen molar-refractivity contribution in [3.05, 3.63) is 130 Å². The number of amides is 4. The van der Waals surface area contributed by atoms with E-state index in [0.717, 1.165) is 27.8 Å². The van der Waals surface area contributed by atoms with Crippen molar-refractivity contribution in [1.29, 1.82) is 0 Å². The smallest absolute Gasteiger partial charge is 0.242 e. The molecule has 0 aromatic heterocycles.